The van der Waals surface area contributed by atoms with Crippen molar-refractivity contribution in [3.8, 4) is 5.75 Å². The van der Waals surface area contributed by atoms with E-state index in [9.17, 15) is 9.59 Å². The van der Waals surface area contributed by atoms with Crippen molar-refractivity contribution in [3.05, 3.63) is 65.2 Å². The van der Waals surface area contributed by atoms with Crippen LogP contribution in [-0.4, -0.2) is 24.8 Å². The number of urea groups is 1. The Morgan fingerprint density at radius 3 is 2.64 bits per heavy atom. The average Bonchev–Trinajstić information content (AvgIpc) is 2.95. The molecule has 2 amide bonds. The fourth-order valence-electron chi connectivity index (χ4n) is 2.68. The highest BCUT2D eigenvalue weighted by Gasteiger charge is 2.31. The molecule has 1 aliphatic heterocycles. The van der Waals surface area contributed by atoms with E-state index in [1.54, 1.807) is 31.4 Å². The molecule has 2 aromatic rings. The zero-order valence-corrected chi connectivity index (χ0v) is 13.6. The molecule has 2 aromatic carbocycles. The lowest BCUT2D eigenvalue weighted by Gasteiger charge is -2.13. The van der Waals surface area contributed by atoms with Crippen LogP contribution in [0.15, 0.2) is 53.6 Å². The molecule has 1 aliphatic rings. The van der Waals surface area contributed by atoms with Gasteiger partial charge >= 0.3 is 12.0 Å². The molecule has 0 bridgehead atoms. The summed E-state index contributed by atoms with van der Waals surface area (Å²) in [5.74, 6) is 0.334. The molecule has 7 nitrogen and oxygen atoms in total. The SMILES string of the molecule is COc1ccc(/C(C[C@@H]2OC(=O)c3ccccc32)=N/NC(N)=O)cc1. The van der Waals surface area contributed by atoms with Crippen molar-refractivity contribution in [2.24, 2.45) is 10.8 Å². The van der Waals surface area contributed by atoms with Crippen molar-refractivity contribution >= 4 is 17.7 Å². The summed E-state index contributed by atoms with van der Waals surface area (Å²) in [6.45, 7) is 0. The van der Waals surface area contributed by atoms with Gasteiger partial charge in [0.15, 0.2) is 0 Å². The average molecular weight is 339 g/mol. The number of methoxy groups -OCH3 is 1. The number of nitrogens with one attached hydrogen (secondary N) is 1. The van der Waals surface area contributed by atoms with Gasteiger partial charge in [0.2, 0.25) is 0 Å². The van der Waals surface area contributed by atoms with Crippen LogP contribution in [0, 0.1) is 0 Å². The smallest absolute Gasteiger partial charge is 0.339 e. The molecule has 0 fully saturated rings. The van der Waals surface area contributed by atoms with E-state index in [-0.39, 0.29) is 5.97 Å². The summed E-state index contributed by atoms with van der Waals surface area (Å²) in [4.78, 5) is 23.0. The van der Waals surface area contributed by atoms with Crippen molar-refractivity contribution in [1.82, 2.24) is 5.43 Å². The summed E-state index contributed by atoms with van der Waals surface area (Å²) < 4.78 is 10.6. The van der Waals surface area contributed by atoms with Crippen LogP contribution < -0.4 is 15.9 Å². The van der Waals surface area contributed by atoms with Gasteiger partial charge in [-0.3, -0.25) is 0 Å². The van der Waals surface area contributed by atoms with E-state index >= 15 is 0 Å². The summed E-state index contributed by atoms with van der Waals surface area (Å²) >= 11 is 0. The third-order valence-electron chi connectivity index (χ3n) is 3.88. The molecule has 0 spiro atoms. The molecule has 1 atom stereocenters. The Balaban J connectivity index is 1.89. The van der Waals surface area contributed by atoms with Crippen LogP contribution in [0.2, 0.25) is 0 Å². The molecule has 25 heavy (non-hydrogen) atoms. The van der Waals surface area contributed by atoms with E-state index < -0.39 is 12.1 Å². The molecule has 0 saturated heterocycles. The number of benzene rings is 2. The van der Waals surface area contributed by atoms with Crippen molar-refractivity contribution in [3.63, 3.8) is 0 Å². The summed E-state index contributed by atoms with van der Waals surface area (Å²) in [5, 5.41) is 4.07. The number of nitrogens with two attached hydrogens (primary N) is 1. The number of esters is 1. The Bertz CT molecular complexity index is 830. The number of ether oxygens (including phenoxy) is 2. The molecule has 0 unspecified atom stereocenters. The first-order valence-corrected chi connectivity index (χ1v) is 7.65. The number of cyclic esters (lactones) is 1. The third-order valence-corrected chi connectivity index (χ3v) is 3.88. The van der Waals surface area contributed by atoms with Crippen LogP contribution in [0.5, 0.6) is 5.75 Å². The second kappa shape index (κ2) is 7.04. The van der Waals surface area contributed by atoms with Gasteiger partial charge in [0.1, 0.15) is 11.9 Å². The topological polar surface area (TPSA) is 103 Å². The number of hydrogen-bond acceptors (Lipinski definition) is 5. The maximum absolute atomic E-state index is 12.0. The van der Waals surface area contributed by atoms with Crippen LogP contribution in [0.25, 0.3) is 0 Å². The number of primary amides is 1. The summed E-state index contributed by atoms with van der Waals surface area (Å²) in [7, 11) is 1.58. The van der Waals surface area contributed by atoms with E-state index in [0.29, 0.717) is 23.4 Å². The normalized spacial score (nSPS) is 16.1. The zero-order valence-electron chi connectivity index (χ0n) is 13.6. The lowest BCUT2D eigenvalue weighted by molar-refractivity contribution is 0.0400. The van der Waals surface area contributed by atoms with E-state index in [2.05, 4.69) is 10.5 Å². The minimum absolute atomic E-state index is 0.301. The van der Waals surface area contributed by atoms with Gasteiger partial charge in [-0.1, -0.05) is 18.2 Å². The van der Waals surface area contributed by atoms with Gasteiger partial charge in [0, 0.05) is 12.0 Å². The Morgan fingerprint density at radius 1 is 1.24 bits per heavy atom. The highest BCUT2D eigenvalue weighted by atomic mass is 16.5. The maximum atomic E-state index is 12.0. The highest BCUT2D eigenvalue weighted by molar-refractivity contribution is 6.02. The fraction of sp³-hybridized carbons (Fsp3) is 0.167. The third kappa shape index (κ3) is 3.60. The summed E-state index contributed by atoms with van der Waals surface area (Å²) in [5.41, 5.74) is 9.99. The van der Waals surface area contributed by atoms with Gasteiger partial charge in [-0.2, -0.15) is 5.10 Å². The molecular weight excluding hydrogens is 322 g/mol. The Labute approximate surface area is 144 Å². The lowest BCUT2D eigenvalue weighted by Crippen LogP contribution is -2.26. The minimum Gasteiger partial charge on any atom is -0.497 e. The summed E-state index contributed by atoms with van der Waals surface area (Å²) in [6.07, 6.45) is -0.172. The predicted octanol–water partition coefficient (Wildman–Crippen LogP) is 2.37. The quantitative estimate of drug-likeness (QED) is 0.496. The second-order valence-electron chi connectivity index (χ2n) is 5.45. The van der Waals surface area contributed by atoms with Gasteiger partial charge in [-0.15, -0.1) is 0 Å². The largest absolute Gasteiger partial charge is 0.497 e. The number of hydrogen-bond donors (Lipinski definition) is 2. The lowest BCUT2D eigenvalue weighted by atomic mass is 9.98. The maximum Gasteiger partial charge on any atom is 0.339 e. The number of rotatable bonds is 5. The number of nitrogens with zero attached hydrogens (tertiary/aromatic N) is 1. The molecule has 1 heterocycles. The molecule has 0 saturated carbocycles. The van der Waals surface area contributed by atoms with E-state index in [0.717, 1.165) is 11.1 Å². The molecule has 3 N–H and O–H groups in total. The van der Waals surface area contributed by atoms with Crippen LogP contribution >= 0.6 is 0 Å². The zero-order chi connectivity index (χ0) is 17.8. The fourth-order valence-corrected chi connectivity index (χ4v) is 2.68. The van der Waals surface area contributed by atoms with Gasteiger partial charge in [-0.05, 0) is 35.9 Å². The van der Waals surface area contributed by atoms with Crippen LogP contribution in [-0.2, 0) is 4.74 Å². The van der Waals surface area contributed by atoms with Gasteiger partial charge < -0.3 is 15.2 Å². The van der Waals surface area contributed by atoms with E-state index in [4.69, 9.17) is 15.2 Å². The number of carbonyl (C=O) groups is 2. The number of carbonyl (C=O) groups excluding carboxylic acids is 2. The first kappa shape index (κ1) is 16.5. The molecular formula is C18H17N3O4. The molecule has 0 radical (unpaired) electrons. The molecule has 7 heteroatoms. The monoisotopic (exact) mass is 339 g/mol. The Hall–Kier alpha value is -3.35. The molecule has 3 rings (SSSR count). The Morgan fingerprint density at radius 2 is 1.96 bits per heavy atom. The van der Waals surface area contributed by atoms with Gasteiger partial charge in [0.25, 0.3) is 0 Å². The molecule has 128 valence electrons. The van der Waals surface area contributed by atoms with Crippen molar-refractivity contribution in [2.75, 3.05) is 7.11 Å². The van der Waals surface area contributed by atoms with Crippen LogP contribution in [0.4, 0.5) is 4.79 Å². The minimum atomic E-state index is -0.769. The summed E-state index contributed by atoms with van der Waals surface area (Å²) in [6, 6.07) is 13.6. The number of hydrazone groups is 1. The van der Waals surface area contributed by atoms with Crippen molar-refractivity contribution in [2.45, 2.75) is 12.5 Å². The van der Waals surface area contributed by atoms with Gasteiger partial charge in [0.05, 0.1) is 18.4 Å². The van der Waals surface area contributed by atoms with Crippen LogP contribution in [0.1, 0.15) is 34.0 Å². The molecule has 0 aromatic heterocycles. The molecule has 0 aliphatic carbocycles. The second-order valence-corrected chi connectivity index (χ2v) is 5.45. The number of fused-ring (bicyclic) bond motifs is 1. The van der Waals surface area contributed by atoms with Crippen LogP contribution in [0.3, 0.4) is 0 Å². The predicted molar refractivity (Wildman–Crippen MR) is 91.5 cm³/mol. The first-order chi connectivity index (χ1) is 12.1. The van der Waals surface area contributed by atoms with E-state index in [1.807, 2.05) is 24.3 Å². The van der Waals surface area contributed by atoms with E-state index in [1.165, 1.54) is 0 Å². The Kier molecular flexibility index (Phi) is 4.65. The van der Waals surface area contributed by atoms with Crippen molar-refractivity contribution < 1.29 is 19.1 Å². The highest BCUT2D eigenvalue weighted by Crippen LogP contribution is 2.34. The number of amides is 2. The standard InChI is InChI=1S/C18H17N3O4/c1-24-12-8-6-11(7-9-12)15(20-21-18(19)23)10-16-13-4-2-3-5-14(13)17(22)25-16/h2-9,16H,10H2,1H3,(H3,19,21,23)/b20-15+/t16-/m0/s1. The van der Waals surface area contributed by atoms with Crippen molar-refractivity contribution in [1.29, 1.82) is 0 Å². The first-order valence-electron chi connectivity index (χ1n) is 7.65. The van der Waals surface area contributed by atoms with Gasteiger partial charge in [-0.25, -0.2) is 15.0 Å².